The number of aromatic nitrogens is 2. The Morgan fingerprint density at radius 3 is 2.41 bits per heavy atom. The summed E-state index contributed by atoms with van der Waals surface area (Å²) in [6.45, 7) is 4.38. The van der Waals surface area contributed by atoms with E-state index < -0.39 is 12.1 Å². The van der Waals surface area contributed by atoms with Crippen molar-refractivity contribution in [1.82, 2.24) is 29.8 Å². The molecule has 1 atom stereocenters. The standard InChI is InChI=1S/C26H28ClN7O3/c1-18-28-16-22-17-33(26(37)34(18)22)32-13-11-31(12-14-32)24(35)15-23(19-5-3-2-4-6-19)30-25(36)29-21-9-7-20(27)8-10-21/h2-10,16,23H,11-15,17H2,1H3,(H2,29,30,36). The van der Waals surface area contributed by atoms with E-state index in [-0.39, 0.29) is 18.4 Å². The summed E-state index contributed by atoms with van der Waals surface area (Å²) in [7, 11) is 0. The third-order valence-electron chi connectivity index (χ3n) is 6.67. The van der Waals surface area contributed by atoms with Gasteiger partial charge in [-0.05, 0) is 36.8 Å². The lowest BCUT2D eigenvalue weighted by Gasteiger charge is -2.39. The topological polar surface area (TPSA) is 103 Å². The van der Waals surface area contributed by atoms with Gasteiger partial charge in [0.15, 0.2) is 0 Å². The van der Waals surface area contributed by atoms with Crippen LogP contribution in [0.5, 0.6) is 0 Å². The number of fused-ring (bicyclic) bond motifs is 1. The summed E-state index contributed by atoms with van der Waals surface area (Å²) < 4.78 is 1.63. The average Bonchev–Trinajstić information content (AvgIpc) is 3.44. The molecule has 192 valence electrons. The minimum Gasteiger partial charge on any atom is -0.340 e. The molecular weight excluding hydrogens is 494 g/mol. The van der Waals surface area contributed by atoms with Gasteiger partial charge in [-0.3, -0.25) is 9.80 Å². The van der Waals surface area contributed by atoms with Crippen molar-refractivity contribution in [3.63, 3.8) is 0 Å². The molecule has 0 spiro atoms. The zero-order chi connectivity index (χ0) is 25.9. The van der Waals surface area contributed by atoms with Gasteiger partial charge in [-0.15, -0.1) is 0 Å². The lowest BCUT2D eigenvalue weighted by molar-refractivity contribution is -0.135. The minimum atomic E-state index is -0.499. The molecule has 2 aromatic carbocycles. The number of imidazole rings is 1. The van der Waals surface area contributed by atoms with E-state index in [0.717, 1.165) is 11.3 Å². The summed E-state index contributed by atoms with van der Waals surface area (Å²) >= 11 is 5.92. The second kappa shape index (κ2) is 10.6. The third-order valence-corrected chi connectivity index (χ3v) is 6.93. The number of carbonyl (C=O) groups excluding carboxylic acids is 3. The number of urea groups is 1. The number of nitrogens with zero attached hydrogens (tertiary/aromatic N) is 5. The summed E-state index contributed by atoms with van der Waals surface area (Å²) in [6.07, 6.45) is 1.85. The van der Waals surface area contributed by atoms with Crippen LogP contribution in [0.2, 0.25) is 5.02 Å². The maximum absolute atomic E-state index is 13.3. The normalized spacial score (nSPS) is 16.4. The fraction of sp³-hybridized carbons (Fsp3) is 0.308. The molecule has 0 aliphatic carbocycles. The van der Waals surface area contributed by atoms with E-state index in [1.54, 1.807) is 44.9 Å². The highest BCUT2D eigenvalue weighted by Crippen LogP contribution is 2.23. The van der Waals surface area contributed by atoms with E-state index in [1.165, 1.54) is 0 Å². The molecule has 1 fully saturated rings. The number of amides is 4. The van der Waals surface area contributed by atoms with Crippen molar-refractivity contribution in [3.8, 4) is 0 Å². The fourth-order valence-electron chi connectivity index (χ4n) is 4.71. The highest BCUT2D eigenvalue weighted by atomic mass is 35.5. The first-order chi connectivity index (χ1) is 17.9. The molecule has 1 aromatic heterocycles. The molecule has 2 aliphatic heterocycles. The SMILES string of the molecule is Cc1ncc2n1C(=O)N(N1CCN(C(=O)CC(NC(=O)Nc3ccc(Cl)cc3)c3ccccc3)CC1)C2. The largest absolute Gasteiger partial charge is 0.344 e. The first kappa shape index (κ1) is 24.8. The van der Waals surface area contributed by atoms with Gasteiger partial charge >= 0.3 is 12.1 Å². The monoisotopic (exact) mass is 521 g/mol. The molecule has 0 bridgehead atoms. The third kappa shape index (κ3) is 5.45. The van der Waals surface area contributed by atoms with Gasteiger partial charge in [-0.2, -0.15) is 0 Å². The molecule has 3 heterocycles. The maximum atomic E-state index is 13.3. The van der Waals surface area contributed by atoms with Crippen LogP contribution in [0.4, 0.5) is 15.3 Å². The van der Waals surface area contributed by atoms with Crippen molar-refractivity contribution >= 4 is 35.3 Å². The van der Waals surface area contributed by atoms with Crippen LogP contribution < -0.4 is 10.6 Å². The lowest BCUT2D eigenvalue weighted by Crippen LogP contribution is -2.55. The number of hydrogen-bond acceptors (Lipinski definition) is 5. The highest BCUT2D eigenvalue weighted by Gasteiger charge is 2.35. The number of hydrazine groups is 1. The summed E-state index contributed by atoms with van der Waals surface area (Å²) in [6, 6.07) is 15.2. The van der Waals surface area contributed by atoms with Crippen molar-refractivity contribution in [3.05, 3.63) is 82.9 Å². The molecule has 5 rings (SSSR count). The molecule has 1 unspecified atom stereocenters. The van der Waals surface area contributed by atoms with Crippen LogP contribution in [-0.4, -0.2) is 68.6 Å². The Labute approximate surface area is 219 Å². The number of nitrogens with one attached hydrogen (secondary N) is 2. The molecule has 1 saturated heterocycles. The molecule has 11 heteroatoms. The quantitative estimate of drug-likeness (QED) is 0.515. The Hall–Kier alpha value is -3.89. The van der Waals surface area contributed by atoms with E-state index in [4.69, 9.17) is 11.6 Å². The van der Waals surface area contributed by atoms with Crippen LogP contribution in [0.1, 0.15) is 29.5 Å². The van der Waals surface area contributed by atoms with Crippen molar-refractivity contribution in [1.29, 1.82) is 0 Å². The number of aryl methyl sites for hydroxylation is 1. The van der Waals surface area contributed by atoms with Crippen LogP contribution in [0, 0.1) is 6.92 Å². The molecule has 2 N–H and O–H groups in total. The van der Waals surface area contributed by atoms with Gasteiger partial charge in [0.2, 0.25) is 5.91 Å². The Kier molecular flexibility index (Phi) is 7.11. The number of carbonyl (C=O) groups is 3. The number of rotatable bonds is 6. The molecule has 3 aromatic rings. The number of hydrogen-bond donors (Lipinski definition) is 2. The van der Waals surface area contributed by atoms with Crippen LogP contribution in [0.3, 0.4) is 0 Å². The van der Waals surface area contributed by atoms with Crippen LogP contribution in [0.25, 0.3) is 0 Å². The summed E-state index contributed by atoms with van der Waals surface area (Å²) in [5.41, 5.74) is 2.31. The number of halogens is 1. The predicted octanol–water partition coefficient (Wildman–Crippen LogP) is 3.64. The Balaban J connectivity index is 1.19. The molecule has 10 nitrogen and oxygen atoms in total. The van der Waals surface area contributed by atoms with Gasteiger partial charge in [0.05, 0.1) is 30.9 Å². The fourth-order valence-corrected chi connectivity index (χ4v) is 4.83. The lowest BCUT2D eigenvalue weighted by atomic mass is 10.0. The van der Waals surface area contributed by atoms with Gasteiger partial charge in [-0.1, -0.05) is 41.9 Å². The Morgan fingerprint density at radius 1 is 1.03 bits per heavy atom. The number of anilines is 1. The summed E-state index contributed by atoms with van der Waals surface area (Å²) in [4.78, 5) is 44.8. The molecular formula is C26H28ClN7O3. The molecule has 37 heavy (non-hydrogen) atoms. The predicted molar refractivity (Wildman–Crippen MR) is 139 cm³/mol. The van der Waals surface area contributed by atoms with Crippen LogP contribution in [-0.2, 0) is 11.3 Å². The first-order valence-electron chi connectivity index (χ1n) is 12.1. The zero-order valence-corrected chi connectivity index (χ0v) is 21.2. The number of benzene rings is 2. The number of piperazine rings is 1. The second-order valence-corrected chi connectivity index (χ2v) is 9.52. The highest BCUT2D eigenvalue weighted by molar-refractivity contribution is 6.30. The molecule has 4 amide bonds. The van der Waals surface area contributed by atoms with Gasteiger partial charge in [-0.25, -0.2) is 24.1 Å². The zero-order valence-electron chi connectivity index (χ0n) is 20.4. The summed E-state index contributed by atoms with van der Waals surface area (Å²) in [5, 5.41) is 10.0. The van der Waals surface area contributed by atoms with E-state index in [0.29, 0.717) is 49.3 Å². The van der Waals surface area contributed by atoms with Crippen molar-refractivity contribution < 1.29 is 14.4 Å². The maximum Gasteiger partial charge on any atom is 0.344 e. The van der Waals surface area contributed by atoms with Crippen molar-refractivity contribution in [2.24, 2.45) is 0 Å². The second-order valence-electron chi connectivity index (χ2n) is 9.08. The minimum absolute atomic E-state index is 0.0562. The molecule has 2 aliphatic rings. The van der Waals surface area contributed by atoms with E-state index in [9.17, 15) is 14.4 Å². The van der Waals surface area contributed by atoms with E-state index in [2.05, 4.69) is 15.6 Å². The Bertz CT molecular complexity index is 1290. The van der Waals surface area contributed by atoms with Gasteiger partial charge in [0.25, 0.3) is 0 Å². The van der Waals surface area contributed by atoms with Gasteiger partial charge in [0.1, 0.15) is 5.82 Å². The van der Waals surface area contributed by atoms with Crippen LogP contribution >= 0.6 is 11.6 Å². The smallest absolute Gasteiger partial charge is 0.340 e. The van der Waals surface area contributed by atoms with E-state index >= 15 is 0 Å². The Morgan fingerprint density at radius 2 is 1.73 bits per heavy atom. The van der Waals surface area contributed by atoms with Crippen molar-refractivity contribution in [2.75, 3.05) is 31.5 Å². The molecule has 0 saturated carbocycles. The van der Waals surface area contributed by atoms with E-state index in [1.807, 2.05) is 42.3 Å². The van der Waals surface area contributed by atoms with Gasteiger partial charge in [0, 0.05) is 36.9 Å². The summed E-state index contributed by atoms with van der Waals surface area (Å²) in [5.74, 6) is 0.621. The molecule has 0 radical (unpaired) electrons. The van der Waals surface area contributed by atoms with Gasteiger partial charge < -0.3 is 15.5 Å². The first-order valence-corrected chi connectivity index (χ1v) is 12.5. The van der Waals surface area contributed by atoms with Crippen molar-refractivity contribution in [2.45, 2.75) is 25.9 Å². The van der Waals surface area contributed by atoms with Crippen LogP contribution in [0.15, 0.2) is 60.8 Å². The average molecular weight is 522 g/mol.